The fraction of sp³-hybridized carbons (Fsp3) is 0.882. The number of rotatable bonds is 2. The molecule has 0 aromatic rings. The predicted octanol–water partition coefficient (Wildman–Crippen LogP) is 3.42. The highest BCUT2D eigenvalue weighted by molar-refractivity contribution is 5.87. The van der Waals surface area contributed by atoms with Crippen LogP contribution in [-0.4, -0.2) is 12.4 Å². The van der Waals surface area contributed by atoms with Gasteiger partial charge in [-0.25, -0.2) is 0 Å². The molecule has 0 aromatic heterocycles. The first-order chi connectivity index (χ1) is 8.50. The number of hydrogen-bond acceptors (Lipinski definition) is 0. The van der Waals surface area contributed by atoms with Crippen LogP contribution in [0.15, 0.2) is 0 Å². The SMILES string of the molecule is C=[N+]=C(C)C1C2C1C(C)C1(CC(CC)C1C)C2C. The zero-order valence-electron chi connectivity index (χ0n) is 12.6. The zero-order valence-corrected chi connectivity index (χ0v) is 12.6. The fourth-order valence-electron chi connectivity index (χ4n) is 6.24. The Hall–Kier alpha value is -0.550. The maximum absolute atomic E-state index is 4.21. The van der Waals surface area contributed by atoms with Gasteiger partial charge < -0.3 is 0 Å². The monoisotopic (exact) mass is 246 g/mol. The Kier molecular flexibility index (Phi) is 2.59. The molecule has 0 aromatic carbocycles. The van der Waals surface area contributed by atoms with Gasteiger partial charge in [-0.2, -0.15) is 0 Å². The molecule has 6 atom stereocenters. The molecule has 3 saturated carbocycles. The lowest BCUT2D eigenvalue weighted by Gasteiger charge is -2.59. The van der Waals surface area contributed by atoms with E-state index in [-0.39, 0.29) is 0 Å². The standard InChI is InChI=1S/C17H28N/c1-7-13-8-17(9(13)2)10(3)14-15(11(17)4)16(14)12(5)18-6/h9-11,13-16H,6-8H2,1-5H3/q+1. The molecule has 0 N–H and O–H groups in total. The average Bonchev–Trinajstić information content (AvgIpc) is 3.06. The normalized spacial score (nSPS) is 56.8. The summed E-state index contributed by atoms with van der Waals surface area (Å²) >= 11 is 0. The maximum atomic E-state index is 4.21. The summed E-state index contributed by atoms with van der Waals surface area (Å²) in [7, 11) is 0. The summed E-state index contributed by atoms with van der Waals surface area (Å²) in [4.78, 5) is 0. The molecule has 100 valence electrons. The van der Waals surface area contributed by atoms with E-state index in [2.05, 4.69) is 46.0 Å². The summed E-state index contributed by atoms with van der Waals surface area (Å²) in [5.74, 6) is 6.35. The van der Waals surface area contributed by atoms with E-state index >= 15 is 0 Å². The third kappa shape index (κ3) is 1.17. The molecular formula is C17H28N+. The number of hydrogen-bond donors (Lipinski definition) is 0. The van der Waals surface area contributed by atoms with Crippen molar-refractivity contribution in [3.8, 4) is 0 Å². The second kappa shape index (κ2) is 3.73. The van der Waals surface area contributed by atoms with Gasteiger partial charge in [0, 0.05) is 6.92 Å². The van der Waals surface area contributed by atoms with Crippen LogP contribution in [0.1, 0.15) is 47.5 Å². The quantitative estimate of drug-likeness (QED) is 0.523. The van der Waals surface area contributed by atoms with E-state index < -0.39 is 0 Å². The Morgan fingerprint density at radius 2 is 1.72 bits per heavy atom. The van der Waals surface area contributed by atoms with Gasteiger partial charge >= 0.3 is 0 Å². The molecule has 6 unspecified atom stereocenters. The highest BCUT2D eigenvalue weighted by atomic mass is 14.8. The molecule has 0 saturated heterocycles. The summed E-state index contributed by atoms with van der Waals surface area (Å²) in [6, 6.07) is 0. The lowest BCUT2D eigenvalue weighted by molar-refractivity contribution is -0.107. The van der Waals surface area contributed by atoms with Crippen molar-refractivity contribution in [3.05, 3.63) is 0 Å². The largest absolute Gasteiger partial charge is 0.280 e. The second-order valence-electron chi connectivity index (χ2n) is 7.33. The van der Waals surface area contributed by atoms with Crippen LogP contribution in [0.2, 0.25) is 0 Å². The molecule has 0 amide bonds. The fourth-order valence-corrected chi connectivity index (χ4v) is 6.24. The van der Waals surface area contributed by atoms with Gasteiger partial charge in [0.15, 0.2) is 0 Å². The Bertz CT molecular complexity index is 401. The minimum absolute atomic E-state index is 0.675. The van der Waals surface area contributed by atoms with E-state index in [1.807, 2.05) is 0 Å². The van der Waals surface area contributed by atoms with Gasteiger partial charge in [0.1, 0.15) is 0 Å². The molecule has 1 spiro atoms. The van der Waals surface area contributed by atoms with Crippen LogP contribution in [0, 0.1) is 46.8 Å². The van der Waals surface area contributed by atoms with Crippen molar-refractivity contribution < 1.29 is 0 Å². The van der Waals surface area contributed by atoms with E-state index in [0.29, 0.717) is 5.41 Å². The summed E-state index contributed by atoms with van der Waals surface area (Å²) in [6.45, 7) is 15.8. The number of nitrogens with zero attached hydrogens (tertiary/aromatic N) is 1. The first-order valence-corrected chi connectivity index (χ1v) is 7.80. The Labute approximate surface area is 112 Å². The van der Waals surface area contributed by atoms with Gasteiger partial charge in [0.05, 0.1) is 5.92 Å². The van der Waals surface area contributed by atoms with Gasteiger partial charge in [-0.05, 0) is 47.3 Å². The number of fused-ring (bicyclic) bond motifs is 1. The van der Waals surface area contributed by atoms with Crippen LogP contribution in [0.3, 0.4) is 0 Å². The van der Waals surface area contributed by atoms with Crippen LogP contribution in [0.25, 0.3) is 0 Å². The van der Waals surface area contributed by atoms with E-state index in [4.69, 9.17) is 0 Å². The zero-order chi connectivity index (χ0) is 13.2. The van der Waals surface area contributed by atoms with Crippen molar-refractivity contribution in [2.75, 3.05) is 0 Å². The highest BCUT2D eigenvalue weighted by Gasteiger charge is 2.75. The summed E-state index contributed by atoms with van der Waals surface area (Å²) in [6.07, 6.45) is 2.87. The van der Waals surface area contributed by atoms with Crippen molar-refractivity contribution in [1.29, 1.82) is 0 Å². The molecule has 1 nitrogen and oxygen atoms in total. The molecule has 0 bridgehead atoms. The maximum Gasteiger partial charge on any atom is 0.280 e. The third-order valence-corrected chi connectivity index (χ3v) is 7.41. The first kappa shape index (κ1) is 12.5. The predicted molar refractivity (Wildman–Crippen MR) is 78.7 cm³/mol. The lowest BCUT2D eigenvalue weighted by atomic mass is 9.45. The molecule has 1 heteroatoms. The Morgan fingerprint density at radius 3 is 2.11 bits per heavy atom. The molecule has 0 radical (unpaired) electrons. The van der Waals surface area contributed by atoms with E-state index in [0.717, 1.165) is 41.4 Å². The molecule has 3 fully saturated rings. The highest BCUT2D eigenvalue weighted by Crippen LogP contribution is 2.77. The lowest BCUT2D eigenvalue weighted by Crippen LogP contribution is -2.53. The Balaban J connectivity index is 1.83. The molecule has 0 aliphatic heterocycles. The molecular weight excluding hydrogens is 218 g/mol. The van der Waals surface area contributed by atoms with Crippen LogP contribution in [-0.2, 0) is 0 Å². The molecule has 18 heavy (non-hydrogen) atoms. The van der Waals surface area contributed by atoms with Gasteiger partial charge in [-0.15, -0.1) is 4.67 Å². The van der Waals surface area contributed by atoms with Crippen molar-refractivity contribution >= 4 is 12.4 Å². The topological polar surface area (TPSA) is 14.1 Å². The molecule has 0 heterocycles. The summed E-state index contributed by atoms with van der Waals surface area (Å²) in [5, 5.41) is 0. The average molecular weight is 246 g/mol. The van der Waals surface area contributed by atoms with Gasteiger partial charge in [-0.3, -0.25) is 0 Å². The van der Waals surface area contributed by atoms with Crippen LogP contribution in [0.5, 0.6) is 0 Å². The third-order valence-electron chi connectivity index (χ3n) is 7.41. The van der Waals surface area contributed by atoms with Crippen molar-refractivity contribution in [2.45, 2.75) is 47.5 Å². The van der Waals surface area contributed by atoms with Crippen LogP contribution in [0.4, 0.5) is 0 Å². The minimum atomic E-state index is 0.675. The van der Waals surface area contributed by atoms with E-state index in [9.17, 15) is 0 Å². The molecule has 3 aliphatic carbocycles. The first-order valence-electron chi connectivity index (χ1n) is 7.80. The van der Waals surface area contributed by atoms with E-state index in [1.165, 1.54) is 18.6 Å². The Morgan fingerprint density at radius 1 is 1.17 bits per heavy atom. The van der Waals surface area contributed by atoms with Crippen LogP contribution < -0.4 is 4.67 Å². The van der Waals surface area contributed by atoms with Gasteiger partial charge in [0.25, 0.3) is 12.4 Å². The van der Waals surface area contributed by atoms with Gasteiger partial charge in [-0.1, -0.05) is 34.1 Å². The second-order valence-corrected chi connectivity index (χ2v) is 7.33. The molecule has 3 rings (SSSR count). The van der Waals surface area contributed by atoms with Crippen molar-refractivity contribution in [3.63, 3.8) is 0 Å². The summed E-state index contributed by atoms with van der Waals surface area (Å²) in [5.41, 5.74) is 1.98. The van der Waals surface area contributed by atoms with Gasteiger partial charge in [0.2, 0.25) is 0 Å². The summed E-state index contributed by atoms with van der Waals surface area (Å²) < 4.78 is 4.21. The smallest absolute Gasteiger partial charge is 0.111 e. The van der Waals surface area contributed by atoms with Crippen molar-refractivity contribution in [1.82, 2.24) is 4.67 Å². The van der Waals surface area contributed by atoms with Crippen molar-refractivity contribution in [2.24, 2.45) is 46.8 Å². The molecule has 3 aliphatic rings. The van der Waals surface area contributed by atoms with E-state index in [1.54, 1.807) is 0 Å². The van der Waals surface area contributed by atoms with Crippen LogP contribution >= 0.6 is 0 Å². The minimum Gasteiger partial charge on any atom is -0.111 e.